The maximum absolute atomic E-state index is 12.0. The van der Waals surface area contributed by atoms with E-state index in [0.717, 1.165) is 51.6 Å². The zero-order valence-corrected chi connectivity index (χ0v) is 17.8. The molecule has 28 heavy (non-hydrogen) atoms. The number of aromatic amines is 1. The molecule has 7 heteroatoms. The number of primary amides is 1. The Morgan fingerprint density at radius 2 is 1.71 bits per heavy atom. The number of carbonyl (C=O) groups excluding carboxylic acids is 1. The highest BCUT2D eigenvalue weighted by atomic mass is 35.5. The average Bonchev–Trinajstić information content (AvgIpc) is 3.11. The van der Waals surface area contributed by atoms with Crippen molar-refractivity contribution in [3.63, 3.8) is 0 Å². The minimum absolute atomic E-state index is 0. The molecule has 5 N–H and O–H groups in total. The molecule has 1 saturated carbocycles. The molecule has 1 saturated heterocycles. The fourth-order valence-corrected chi connectivity index (χ4v) is 4.88. The molecule has 1 amide bonds. The number of carbonyl (C=O) groups is 1. The molecule has 156 valence electrons. The fourth-order valence-electron chi connectivity index (χ4n) is 4.88. The molecule has 0 spiro atoms. The molecule has 0 radical (unpaired) electrons. The van der Waals surface area contributed by atoms with Gasteiger partial charge in [-0.05, 0) is 75.1 Å². The van der Waals surface area contributed by atoms with Gasteiger partial charge in [0.25, 0.3) is 0 Å². The molecule has 1 aliphatic carbocycles. The number of benzene rings is 1. The monoisotopic (exact) mass is 426 g/mol. The number of rotatable bonds is 5. The van der Waals surface area contributed by atoms with E-state index in [1.54, 1.807) is 0 Å². The number of fused-ring (bicyclic) bond motifs is 1. The van der Waals surface area contributed by atoms with Crippen LogP contribution in [0, 0.1) is 5.92 Å². The average molecular weight is 427 g/mol. The maximum atomic E-state index is 12.0. The first-order valence-electron chi connectivity index (χ1n) is 10.0. The predicted molar refractivity (Wildman–Crippen MR) is 120 cm³/mol. The van der Waals surface area contributed by atoms with E-state index < -0.39 is 0 Å². The van der Waals surface area contributed by atoms with E-state index in [9.17, 15) is 4.79 Å². The van der Waals surface area contributed by atoms with Gasteiger partial charge in [-0.15, -0.1) is 24.8 Å². The van der Waals surface area contributed by atoms with Gasteiger partial charge in [-0.1, -0.05) is 18.2 Å². The molecular weight excluding hydrogens is 395 g/mol. The topological polar surface area (TPSA) is 82.9 Å². The van der Waals surface area contributed by atoms with Crippen molar-refractivity contribution >= 4 is 41.6 Å². The van der Waals surface area contributed by atoms with Gasteiger partial charge >= 0.3 is 0 Å². The molecule has 1 unspecified atom stereocenters. The second-order valence-electron chi connectivity index (χ2n) is 7.97. The van der Waals surface area contributed by atoms with Gasteiger partial charge in [0, 0.05) is 23.1 Å². The molecule has 2 fully saturated rings. The first-order valence-corrected chi connectivity index (χ1v) is 10.0. The van der Waals surface area contributed by atoms with Crippen molar-refractivity contribution in [1.29, 1.82) is 0 Å². The molecular formula is C21H32Cl2N4O. The van der Waals surface area contributed by atoms with Crippen LogP contribution in [0.1, 0.15) is 50.0 Å². The van der Waals surface area contributed by atoms with Crippen LogP contribution in [0.5, 0.6) is 0 Å². The maximum Gasteiger partial charge on any atom is 0.234 e. The molecule has 1 atom stereocenters. The Morgan fingerprint density at radius 1 is 1.04 bits per heavy atom. The Kier molecular flexibility index (Phi) is 8.62. The van der Waals surface area contributed by atoms with Gasteiger partial charge in [0.15, 0.2) is 0 Å². The summed E-state index contributed by atoms with van der Waals surface area (Å²) in [6.07, 6.45) is 8.80. The van der Waals surface area contributed by atoms with Crippen LogP contribution >= 0.6 is 24.8 Å². The smallest absolute Gasteiger partial charge is 0.234 e. The number of piperidine rings is 1. The van der Waals surface area contributed by atoms with Crippen LogP contribution in [0.15, 0.2) is 30.5 Å². The number of para-hydroxylation sites is 1. The second-order valence-corrected chi connectivity index (χ2v) is 7.97. The summed E-state index contributed by atoms with van der Waals surface area (Å²) in [5, 5.41) is 8.34. The van der Waals surface area contributed by atoms with Crippen molar-refractivity contribution in [3.05, 3.63) is 36.0 Å². The number of amides is 1. The van der Waals surface area contributed by atoms with Gasteiger partial charge in [0.2, 0.25) is 5.91 Å². The predicted octanol–water partition coefficient (Wildman–Crippen LogP) is 3.48. The third-order valence-electron chi connectivity index (χ3n) is 6.37. The van der Waals surface area contributed by atoms with Gasteiger partial charge in [0.1, 0.15) is 0 Å². The summed E-state index contributed by atoms with van der Waals surface area (Å²) in [7, 11) is 0. The third-order valence-corrected chi connectivity index (χ3v) is 6.37. The summed E-state index contributed by atoms with van der Waals surface area (Å²) in [5.41, 5.74) is 8.40. The molecule has 2 aliphatic rings. The summed E-state index contributed by atoms with van der Waals surface area (Å²) >= 11 is 0. The zero-order valence-electron chi connectivity index (χ0n) is 16.2. The lowest BCUT2D eigenvalue weighted by Gasteiger charge is -2.35. The molecule has 1 aromatic heterocycles. The van der Waals surface area contributed by atoms with E-state index in [2.05, 4.69) is 46.1 Å². The molecule has 0 bridgehead atoms. The lowest BCUT2D eigenvalue weighted by atomic mass is 9.80. The van der Waals surface area contributed by atoms with Crippen LogP contribution in [0.25, 0.3) is 10.9 Å². The van der Waals surface area contributed by atoms with Crippen LogP contribution in [-0.4, -0.2) is 36.1 Å². The molecule has 4 rings (SSSR count). The van der Waals surface area contributed by atoms with E-state index >= 15 is 0 Å². The normalized spacial score (nSPS) is 24.1. The van der Waals surface area contributed by atoms with Crippen molar-refractivity contribution in [2.75, 3.05) is 13.1 Å². The standard InChI is InChI=1S/C21H30N4O.2ClH/c22-21(26)20(15-9-11-23-12-10-15)25-16-7-5-14(6-8-16)18-13-24-19-4-2-1-3-17(18)19;;/h1-4,13-16,20,23-25H,5-12H2,(H2,22,26);2*1H. The number of nitrogens with one attached hydrogen (secondary N) is 3. The molecule has 2 aromatic rings. The third kappa shape index (κ3) is 5.01. The first kappa shape index (κ1) is 23.0. The van der Waals surface area contributed by atoms with Crippen molar-refractivity contribution in [1.82, 2.24) is 15.6 Å². The van der Waals surface area contributed by atoms with Gasteiger partial charge in [0.05, 0.1) is 6.04 Å². The molecule has 1 aromatic carbocycles. The van der Waals surface area contributed by atoms with Crippen LogP contribution < -0.4 is 16.4 Å². The molecule has 2 heterocycles. The Morgan fingerprint density at radius 3 is 2.39 bits per heavy atom. The lowest BCUT2D eigenvalue weighted by molar-refractivity contribution is -0.121. The van der Waals surface area contributed by atoms with Gasteiger partial charge in [-0.3, -0.25) is 4.79 Å². The summed E-state index contributed by atoms with van der Waals surface area (Å²) in [6, 6.07) is 8.78. The highest BCUT2D eigenvalue weighted by molar-refractivity contribution is 5.85. The van der Waals surface area contributed by atoms with Crippen molar-refractivity contribution in [2.45, 2.75) is 56.5 Å². The van der Waals surface area contributed by atoms with Gasteiger partial charge < -0.3 is 21.4 Å². The van der Waals surface area contributed by atoms with Crippen LogP contribution in [-0.2, 0) is 4.79 Å². The Labute approximate surface area is 179 Å². The van der Waals surface area contributed by atoms with E-state index in [0.29, 0.717) is 17.9 Å². The number of halogens is 2. The number of aromatic nitrogens is 1. The summed E-state index contributed by atoms with van der Waals surface area (Å²) in [4.78, 5) is 15.4. The van der Waals surface area contributed by atoms with E-state index in [4.69, 9.17) is 5.73 Å². The Hall–Kier alpha value is -1.27. The SMILES string of the molecule is Cl.Cl.NC(=O)C(NC1CCC(c2c[nH]c3ccccc23)CC1)C1CCNCC1. The number of hydrogen-bond donors (Lipinski definition) is 4. The van der Waals surface area contributed by atoms with Gasteiger partial charge in [-0.25, -0.2) is 0 Å². The highest BCUT2D eigenvalue weighted by Gasteiger charge is 2.32. The van der Waals surface area contributed by atoms with Crippen LogP contribution in [0.2, 0.25) is 0 Å². The fraction of sp³-hybridized carbons (Fsp3) is 0.571. The highest BCUT2D eigenvalue weighted by Crippen LogP contribution is 2.36. The molecule has 5 nitrogen and oxygen atoms in total. The van der Waals surface area contributed by atoms with Crippen LogP contribution in [0.3, 0.4) is 0 Å². The molecule has 1 aliphatic heterocycles. The van der Waals surface area contributed by atoms with Crippen LogP contribution in [0.4, 0.5) is 0 Å². The van der Waals surface area contributed by atoms with Crippen molar-refractivity contribution in [3.8, 4) is 0 Å². The first-order chi connectivity index (χ1) is 12.7. The Bertz CT molecular complexity index is 752. The quantitative estimate of drug-likeness (QED) is 0.590. The lowest BCUT2D eigenvalue weighted by Crippen LogP contribution is -2.53. The number of hydrogen-bond acceptors (Lipinski definition) is 3. The zero-order chi connectivity index (χ0) is 17.9. The van der Waals surface area contributed by atoms with Crippen molar-refractivity contribution in [2.24, 2.45) is 11.7 Å². The summed E-state index contributed by atoms with van der Waals surface area (Å²) < 4.78 is 0. The number of nitrogens with two attached hydrogens (primary N) is 1. The number of H-pyrrole nitrogens is 1. The van der Waals surface area contributed by atoms with E-state index in [1.807, 2.05) is 0 Å². The van der Waals surface area contributed by atoms with E-state index in [-0.39, 0.29) is 36.8 Å². The van der Waals surface area contributed by atoms with Crippen molar-refractivity contribution < 1.29 is 4.79 Å². The summed E-state index contributed by atoms with van der Waals surface area (Å²) in [5.74, 6) is 0.797. The largest absolute Gasteiger partial charge is 0.368 e. The van der Waals surface area contributed by atoms with Gasteiger partial charge in [-0.2, -0.15) is 0 Å². The minimum Gasteiger partial charge on any atom is -0.368 e. The van der Waals surface area contributed by atoms with E-state index in [1.165, 1.54) is 16.5 Å². The summed E-state index contributed by atoms with van der Waals surface area (Å²) in [6.45, 7) is 1.98. The Balaban J connectivity index is 0.00000140. The second kappa shape index (κ2) is 10.5. The minimum atomic E-state index is -0.185.